The first-order valence-electron chi connectivity index (χ1n) is 6.89. The van der Waals surface area contributed by atoms with Crippen molar-refractivity contribution in [2.45, 2.75) is 38.3 Å². The first-order valence-corrected chi connectivity index (χ1v) is 6.89. The minimum Gasteiger partial charge on any atom is -0.478 e. The standard InChI is InChI=1S/C15H18FNO2/c16-14-6-3-11(7-13(14)15(18)19)9-17(12-4-5-12)8-10-1-2-10/h3,6-7,10,12H,1-2,4-5,8-9H2,(H,18,19). The monoisotopic (exact) mass is 263 g/mol. The highest BCUT2D eigenvalue weighted by molar-refractivity contribution is 5.88. The summed E-state index contributed by atoms with van der Waals surface area (Å²) in [5.74, 6) is -1.03. The van der Waals surface area contributed by atoms with Crippen LogP contribution in [0, 0.1) is 11.7 Å². The second kappa shape index (κ2) is 4.93. The van der Waals surface area contributed by atoms with Crippen LogP contribution in [0.4, 0.5) is 4.39 Å². The number of carboxylic acid groups (broad SMARTS) is 1. The van der Waals surface area contributed by atoms with E-state index in [9.17, 15) is 9.18 Å². The third kappa shape index (κ3) is 3.13. The summed E-state index contributed by atoms with van der Waals surface area (Å²) in [6.45, 7) is 1.84. The van der Waals surface area contributed by atoms with E-state index in [1.165, 1.54) is 37.8 Å². The van der Waals surface area contributed by atoms with Crippen molar-refractivity contribution in [2.24, 2.45) is 5.92 Å². The molecule has 2 aliphatic carbocycles. The Morgan fingerprint density at radius 3 is 2.63 bits per heavy atom. The molecule has 3 rings (SSSR count). The van der Waals surface area contributed by atoms with Crippen molar-refractivity contribution in [3.8, 4) is 0 Å². The average Bonchev–Trinajstić information content (AvgIpc) is 3.24. The molecule has 0 aromatic heterocycles. The van der Waals surface area contributed by atoms with E-state index in [1.807, 2.05) is 0 Å². The normalized spacial score (nSPS) is 18.8. The van der Waals surface area contributed by atoms with Crippen molar-refractivity contribution >= 4 is 5.97 Å². The lowest BCUT2D eigenvalue weighted by Gasteiger charge is -2.22. The fourth-order valence-corrected chi connectivity index (χ4v) is 2.48. The molecule has 102 valence electrons. The second-order valence-corrected chi connectivity index (χ2v) is 5.72. The molecule has 0 aliphatic heterocycles. The van der Waals surface area contributed by atoms with Gasteiger partial charge in [-0.15, -0.1) is 0 Å². The Hall–Kier alpha value is -1.42. The Balaban J connectivity index is 1.73. The van der Waals surface area contributed by atoms with Gasteiger partial charge in [0.05, 0.1) is 5.56 Å². The Kier molecular flexibility index (Phi) is 3.27. The molecule has 0 atom stereocenters. The summed E-state index contributed by atoms with van der Waals surface area (Å²) in [5, 5.41) is 8.95. The molecule has 0 saturated heterocycles. The number of aromatic carboxylic acids is 1. The molecule has 0 heterocycles. The fraction of sp³-hybridized carbons (Fsp3) is 0.533. The van der Waals surface area contributed by atoms with Gasteiger partial charge in [-0.3, -0.25) is 4.90 Å². The van der Waals surface area contributed by atoms with Crippen molar-refractivity contribution in [2.75, 3.05) is 6.54 Å². The predicted octanol–water partition coefficient (Wildman–Crippen LogP) is 2.90. The van der Waals surface area contributed by atoms with E-state index in [4.69, 9.17) is 5.11 Å². The fourth-order valence-electron chi connectivity index (χ4n) is 2.48. The van der Waals surface area contributed by atoms with Crippen LogP contribution in [-0.2, 0) is 6.54 Å². The van der Waals surface area contributed by atoms with Crippen molar-refractivity contribution < 1.29 is 14.3 Å². The third-order valence-electron chi connectivity index (χ3n) is 3.90. The lowest BCUT2D eigenvalue weighted by molar-refractivity contribution is 0.0691. The number of benzene rings is 1. The highest BCUT2D eigenvalue weighted by Gasteiger charge is 2.33. The zero-order chi connectivity index (χ0) is 13.4. The van der Waals surface area contributed by atoms with Gasteiger partial charge in [0, 0.05) is 19.1 Å². The van der Waals surface area contributed by atoms with Gasteiger partial charge >= 0.3 is 5.97 Å². The van der Waals surface area contributed by atoms with E-state index < -0.39 is 11.8 Å². The van der Waals surface area contributed by atoms with Gasteiger partial charge in [-0.2, -0.15) is 0 Å². The summed E-state index contributed by atoms with van der Waals surface area (Å²) >= 11 is 0. The van der Waals surface area contributed by atoms with Gasteiger partial charge in [-0.05, 0) is 49.3 Å². The van der Waals surface area contributed by atoms with Crippen LogP contribution in [0.2, 0.25) is 0 Å². The third-order valence-corrected chi connectivity index (χ3v) is 3.90. The predicted molar refractivity (Wildman–Crippen MR) is 69.5 cm³/mol. The van der Waals surface area contributed by atoms with Crippen LogP contribution >= 0.6 is 0 Å². The summed E-state index contributed by atoms with van der Waals surface area (Å²) in [4.78, 5) is 13.4. The van der Waals surface area contributed by atoms with Crippen LogP contribution < -0.4 is 0 Å². The first kappa shape index (κ1) is 12.6. The molecule has 0 unspecified atom stereocenters. The molecule has 1 N–H and O–H groups in total. The maximum Gasteiger partial charge on any atom is 0.338 e. The Morgan fingerprint density at radius 2 is 2.05 bits per heavy atom. The van der Waals surface area contributed by atoms with Gasteiger partial charge in [0.25, 0.3) is 0 Å². The maximum atomic E-state index is 13.4. The zero-order valence-electron chi connectivity index (χ0n) is 10.8. The summed E-state index contributed by atoms with van der Waals surface area (Å²) in [6, 6.07) is 5.09. The topological polar surface area (TPSA) is 40.5 Å². The molecule has 2 aliphatic rings. The van der Waals surface area contributed by atoms with Gasteiger partial charge in [-0.1, -0.05) is 6.07 Å². The SMILES string of the molecule is O=C(O)c1cc(CN(CC2CC2)C2CC2)ccc1F. The van der Waals surface area contributed by atoms with Crippen LogP contribution in [0.15, 0.2) is 18.2 Å². The van der Waals surface area contributed by atoms with Crippen molar-refractivity contribution in [3.05, 3.63) is 35.1 Å². The molecule has 4 heteroatoms. The summed E-state index contributed by atoms with van der Waals surface area (Å²) in [6.07, 6.45) is 5.10. The molecule has 19 heavy (non-hydrogen) atoms. The van der Waals surface area contributed by atoms with Gasteiger partial charge < -0.3 is 5.11 Å². The molecule has 0 amide bonds. The van der Waals surface area contributed by atoms with Crippen molar-refractivity contribution in [1.29, 1.82) is 0 Å². The van der Waals surface area contributed by atoms with Crippen LogP contribution in [0.1, 0.15) is 41.6 Å². The lowest BCUT2D eigenvalue weighted by atomic mass is 10.1. The molecule has 0 bridgehead atoms. The molecule has 0 spiro atoms. The molecular weight excluding hydrogens is 245 g/mol. The van der Waals surface area contributed by atoms with Crippen LogP contribution in [-0.4, -0.2) is 28.6 Å². The number of rotatable bonds is 6. The number of hydrogen-bond acceptors (Lipinski definition) is 2. The summed E-state index contributed by atoms with van der Waals surface area (Å²) in [7, 11) is 0. The minimum absolute atomic E-state index is 0.223. The molecule has 3 nitrogen and oxygen atoms in total. The smallest absolute Gasteiger partial charge is 0.338 e. The molecule has 2 saturated carbocycles. The molecular formula is C15H18FNO2. The highest BCUT2D eigenvalue weighted by Crippen LogP contribution is 2.35. The number of halogens is 1. The van der Waals surface area contributed by atoms with E-state index in [0.29, 0.717) is 6.04 Å². The molecule has 2 fully saturated rings. The van der Waals surface area contributed by atoms with Gasteiger partial charge in [0.15, 0.2) is 0 Å². The average molecular weight is 263 g/mol. The van der Waals surface area contributed by atoms with E-state index in [1.54, 1.807) is 6.07 Å². The Morgan fingerprint density at radius 1 is 1.32 bits per heavy atom. The molecule has 0 radical (unpaired) electrons. The highest BCUT2D eigenvalue weighted by atomic mass is 19.1. The summed E-state index contributed by atoms with van der Waals surface area (Å²) in [5.41, 5.74) is 0.672. The van der Waals surface area contributed by atoms with Gasteiger partial charge in [0.2, 0.25) is 0 Å². The summed E-state index contributed by atoms with van der Waals surface area (Å²) < 4.78 is 13.4. The van der Waals surface area contributed by atoms with Crippen LogP contribution in [0.25, 0.3) is 0 Å². The van der Waals surface area contributed by atoms with Crippen LogP contribution in [0.3, 0.4) is 0 Å². The number of hydrogen-bond donors (Lipinski definition) is 1. The van der Waals surface area contributed by atoms with Gasteiger partial charge in [0.1, 0.15) is 5.82 Å². The minimum atomic E-state index is -1.19. The lowest BCUT2D eigenvalue weighted by Crippen LogP contribution is -2.28. The van der Waals surface area contributed by atoms with Crippen molar-refractivity contribution in [3.63, 3.8) is 0 Å². The number of carbonyl (C=O) groups is 1. The molecule has 1 aromatic rings. The number of nitrogens with zero attached hydrogens (tertiary/aromatic N) is 1. The first-order chi connectivity index (χ1) is 9.13. The van der Waals surface area contributed by atoms with E-state index >= 15 is 0 Å². The van der Waals surface area contributed by atoms with E-state index in [-0.39, 0.29) is 5.56 Å². The van der Waals surface area contributed by atoms with E-state index in [2.05, 4.69) is 4.90 Å². The van der Waals surface area contributed by atoms with E-state index in [0.717, 1.165) is 24.6 Å². The van der Waals surface area contributed by atoms with Crippen LogP contribution in [0.5, 0.6) is 0 Å². The quantitative estimate of drug-likeness (QED) is 0.858. The van der Waals surface area contributed by atoms with Crippen molar-refractivity contribution in [1.82, 2.24) is 4.90 Å². The largest absolute Gasteiger partial charge is 0.478 e. The Labute approximate surface area is 112 Å². The molecule has 1 aromatic carbocycles. The second-order valence-electron chi connectivity index (χ2n) is 5.72. The zero-order valence-corrected chi connectivity index (χ0v) is 10.8. The van der Waals surface area contributed by atoms with Gasteiger partial charge in [-0.25, -0.2) is 9.18 Å². The maximum absolute atomic E-state index is 13.4. The Bertz CT molecular complexity index is 495. The number of carboxylic acids is 1.